The van der Waals surface area contributed by atoms with Crippen molar-refractivity contribution in [1.29, 1.82) is 0 Å². The van der Waals surface area contributed by atoms with Crippen LogP contribution in [0.25, 0.3) is 0 Å². The van der Waals surface area contributed by atoms with Crippen LogP contribution in [0.4, 0.5) is 0 Å². The molecule has 0 saturated heterocycles. The van der Waals surface area contributed by atoms with Gasteiger partial charge in [-0.15, -0.1) is 0 Å². The second kappa shape index (κ2) is 5.75. The first-order valence-corrected chi connectivity index (χ1v) is 7.13. The van der Waals surface area contributed by atoms with Crippen molar-refractivity contribution in [2.75, 3.05) is 13.7 Å². The first-order valence-electron chi connectivity index (χ1n) is 7.13. The van der Waals surface area contributed by atoms with Crippen LogP contribution >= 0.6 is 0 Å². The van der Waals surface area contributed by atoms with Crippen molar-refractivity contribution >= 4 is 0 Å². The Morgan fingerprint density at radius 3 is 2.50 bits per heavy atom. The normalized spacial score (nSPS) is 18.6. The number of nitrogens with two attached hydrogens (primary N) is 1. The second-order valence-corrected chi connectivity index (χ2v) is 5.43. The van der Waals surface area contributed by atoms with Gasteiger partial charge < -0.3 is 10.5 Å². The molecule has 1 aromatic carbocycles. The van der Waals surface area contributed by atoms with E-state index in [1.807, 2.05) is 0 Å². The van der Waals surface area contributed by atoms with Gasteiger partial charge >= 0.3 is 0 Å². The van der Waals surface area contributed by atoms with Crippen LogP contribution in [-0.4, -0.2) is 13.7 Å². The maximum Gasteiger partial charge on any atom is 0.122 e. The minimum absolute atomic E-state index is 0.148. The zero-order chi connectivity index (χ0) is 13.0. The molecule has 0 aromatic heterocycles. The number of benzene rings is 1. The molecule has 18 heavy (non-hydrogen) atoms. The van der Waals surface area contributed by atoms with Crippen LogP contribution in [-0.2, 0) is 11.8 Å². The van der Waals surface area contributed by atoms with E-state index in [0.717, 1.165) is 18.7 Å². The van der Waals surface area contributed by atoms with Crippen LogP contribution in [0.5, 0.6) is 5.75 Å². The number of hydrogen-bond acceptors (Lipinski definition) is 2. The Bertz CT molecular complexity index is 394. The lowest BCUT2D eigenvalue weighted by Crippen LogP contribution is -2.37. The van der Waals surface area contributed by atoms with Gasteiger partial charge in [-0.05, 0) is 30.9 Å². The average molecular weight is 247 g/mol. The van der Waals surface area contributed by atoms with Gasteiger partial charge in [0.1, 0.15) is 5.75 Å². The maximum atomic E-state index is 6.13. The molecule has 100 valence electrons. The molecule has 0 atom stereocenters. The van der Waals surface area contributed by atoms with Crippen LogP contribution < -0.4 is 10.5 Å². The van der Waals surface area contributed by atoms with Gasteiger partial charge in [0.15, 0.2) is 0 Å². The lowest BCUT2D eigenvalue weighted by Gasteiger charge is -2.38. The molecule has 0 aliphatic heterocycles. The third-order valence-corrected chi connectivity index (χ3v) is 4.44. The van der Waals surface area contributed by atoms with Crippen molar-refractivity contribution in [1.82, 2.24) is 0 Å². The Hall–Kier alpha value is -1.02. The molecule has 0 amide bonds. The van der Waals surface area contributed by atoms with Gasteiger partial charge in [-0.1, -0.05) is 38.3 Å². The van der Waals surface area contributed by atoms with Crippen LogP contribution in [0.3, 0.4) is 0 Å². The van der Waals surface area contributed by atoms with E-state index in [-0.39, 0.29) is 5.41 Å². The molecule has 0 radical (unpaired) electrons. The quantitative estimate of drug-likeness (QED) is 0.885. The first-order chi connectivity index (χ1) is 8.75. The number of ether oxygens (including phenoxy) is 1. The molecular weight excluding hydrogens is 222 g/mol. The molecule has 1 aliphatic rings. The summed E-state index contributed by atoms with van der Waals surface area (Å²) in [6.45, 7) is 2.93. The van der Waals surface area contributed by atoms with E-state index < -0.39 is 0 Å². The van der Waals surface area contributed by atoms with Crippen LogP contribution in [0, 0.1) is 0 Å². The summed E-state index contributed by atoms with van der Waals surface area (Å²) >= 11 is 0. The third kappa shape index (κ3) is 2.39. The summed E-state index contributed by atoms with van der Waals surface area (Å²) in [7, 11) is 1.76. The zero-order valence-electron chi connectivity index (χ0n) is 11.7. The van der Waals surface area contributed by atoms with Gasteiger partial charge in [0, 0.05) is 17.5 Å². The summed E-state index contributed by atoms with van der Waals surface area (Å²) in [5.74, 6) is 1.01. The number of aryl methyl sites for hydroxylation is 1. The van der Waals surface area contributed by atoms with Crippen molar-refractivity contribution in [3.63, 3.8) is 0 Å². The molecule has 1 saturated carbocycles. The van der Waals surface area contributed by atoms with E-state index in [9.17, 15) is 0 Å². The number of hydrogen-bond donors (Lipinski definition) is 1. The highest BCUT2D eigenvalue weighted by Crippen LogP contribution is 2.42. The Labute approximate surface area is 111 Å². The summed E-state index contributed by atoms with van der Waals surface area (Å²) in [5.41, 5.74) is 9.00. The van der Waals surface area contributed by atoms with Crippen molar-refractivity contribution in [3.05, 3.63) is 29.3 Å². The summed E-state index contributed by atoms with van der Waals surface area (Å²) in [5, 5.41) is 0. The highest BCUT2D eigenvalue weighted by Gasteiger charge is 2.34. The molecule has 1 aromatic rings. The summed E-state index contributed by atoms with van der Waals surface area (Å²) < 4.78 is 5.57. The second-order valence-electron chi connectivity index (χ2n) is 5.43. The summed E-state index contributed by atoms with van der Waals surface area (Å²) in [6.07, 6.45) is 7.39. The monoisotopic (exact) mass is 247 g/mol. The summed E-state index contributed by atoms with van der Waals surface area (Å²) in [6, 6.07) is 6.59. The SMILES string of the molecule is CCc1ccc(OC)c(C2(CN)CCCCC2)c1. The minimum atomic E-state index is 0.148. The molecule has 0 bridgehead atoms. The molecule has 2 rings (SSSR count). The predicted octanol–water partition coefficient (Wildman–Crippen LogP) is 3.42. The molecular formula is C16H25NO. The van der Waals surface area contributed by atoms with Gasteiger partial charge in [-0.25, -0.2) is 0 Å². The highest BCUT2D eigenvalue weighted by molar-refractivity contribution is 5.43. The highest BCUT2D eigenvalue weighted by atomic mass is 16.5. The zero-order valence-corrected chi connectivity index (χ0v) is 11.7. The molecule has 1 fully saturated rings. The standard InChI is InChI=1S/C16H25NO/c1-3-13-7-8-15(18-2)14(11-13)16(12-17)9-5-4-6-10-16/h7-8,11H,3-6,9-10,12,17H2,1-2H3. The Kier molecular flexibility index (Phi) is 4.28. The molecule has 2 N–H and O–H groups in total. The molecule has 2 heteroatoms. The van der Waals surface area contributed by atoms with E-state index in [4.69, 9.17) is 10.5 Å². The Morgan fingerprint density at radius 2 is 1.94 bits per heavy atom. The Balaban J connectivity index is 2.44. The third-order valence-electron chi connectivity index (χ3n) is 4.44. The molecule has 0 heterocycles. The number of methoxy groups -OCH3 is 1. The first kappa shape index (κ1) is 13.4. The van der Waals surface area contributed by atoms with Gasteiger partial charge in [-0.2, -0.15) is 0 Å². The van der Waals surface area contributed by atoms with E-state index in [0.29, 0.717) is 0 Å². The maximum absolute atomic E-state index is 6.13. The van der Waals surface area contributed by atoms with E-state index >= 15 is 0 Å². The van der Waals surface area contributed by atoms with Gasteiger partial charge in [0.05, 0.1) is 7.11 Å². The fourth-order valence-electron chi connectivity index (χ4n) is 3.20. The van der Waals surface area contributed by atoms with Gasteiger partial charge in [-0.3, -0.25) is 0 Å². The predicted molar refractivity (Wildman–Crippen MR) is 76.2 cm³/mol. The van der Waals surface area contributed by atoms with Crippen LogP contribution in [0.1, 0.15) is 50.2 Å². The Morgan fingerprint density at radius 1 is 1.22 bits per heavy atom. The molecule has 2 nitrogen and oxygen atoms in total. The average Bonchev–Trinajstić information content (AvgIpc) is 2.47. The van der Waals surface area contributed by atoms with E-state index in [2.05, 4.69) is 25.1 Å². The molecule has 0 unspecified atom stereocenters. The summed E-state index contributed by atoms with van der Waals surface area (Å²) in [4.78, 5) is 0. The van der Waals surface area contributed by atoms with Crippen LogP contribution in [0.2, 0.25) is 0 Å². The fraction of sp³-hybridized carbons (Fsp3) is 0.625. The topological polar surface area (TPSA) is 35.2 Å². The lowest BCUT2D eigenvalue weighted by atomic mass is 9.69. The molecule has 0 spiro atoms. The fourth-order valence-corrected chi connectivity index (χ4v) is 3.20. The van der Waals surface area contributed by atoms with E-state index in [1.165, 1.54) is 43.2 Å². The van der Waals surface area contributed by atoms with Crippen molar-refractivity contribution in [2.24, 2.45) is 5.73 Å². The van der Waals surface area contributed by atoms with Crippen molar-refractivity contribution in [3.8, 4) is 5.75 Å². The lowest BCUT2D eigenvalue weighted by molar-refractivity contribution is 0.287. The largest absolute Gasteiger partial charge is 0.496 e. The van der Waals surface area contributed by atoms with Crippen molar-refractivity contribution in [2.45, 2.75) is 50.9 Å². The minimum Gasteiger partial charge on any atom is -0.496 e. The molecule has 1 aliphatic carbocycles. The van der Waals surface area contributed by atoms with E-state index in [1.54, 1.807) is 7.11 Å². The number of rotatable bonds is 4. The van der Waals surface area contributed by atoms with Gasteiger partial charge in [0.2, 0.25) is 0 Å². The van der Waals surface area contributed by atoms with Crippen LogP contribution in [0.15, 0.2) is 18.2 Å². The van der Waals surface area contributed by atoms with Crippen molar-refractivity contribution < 1.29 is 4.74 Å². The smallest absolute Gasteiger partial charge is 0.122 e. The van der Waals surface area contributed by atoms with Gasteiger partial charge in [0.25, 0.3) is 0 Å².